The molecule has 26 heavy (non-hydrogen) atoms. The number of nitrogens with one attached hydrogen (secondary N) is 1. The number of hydrogen-bond acceptors (Lipinski definition) is 6. The highest BCUT2D eigenvalue weighted by molar-refractivity contribution is 7.91. The normalized spacial score (nSPS) is 19.8. The van der Waals surface area contributed by atoms with Crippen molar-refractivity contribution in [1.82, 2.24) is 9.79 Å². The largest absolute Gasteiger partial charge is 0.494 e. The molecule has 144 valence electrons. The molecule has 0 aromatic heterocycles. The lowest BCUT2D eigenvalue weighted by atomic mass is 10.2. The van der Waals surface area contributed by atoms with E-state index in [1.807, 2.05) is 24.3 Å². The summed E-state index contributed by atoms with van der Waals surface area (Å²) in [4.78, 5) is 13.9. The Morgan fingerprint density at radius 3 is 2.31 bits per heavy atom. The molecule has 0 radical (unpaired) electrons. The molecule has 9 heteroatoms. The summed E-state index contributed by atoms with van der Waals surface area (Å²) in [5.41, 5.74) is 2.51. The molecule has 1 aromatic rings. The first-order chi connectivity index (χ1) is 12.4. The highest BCUT2D eigenvalue weighted by atomic mass is 32.2. The Morgan fingerprint density at radius 1 is 1.19 bits per heavy atom. The molecular formula is C17H25N3O5S. The lowest BCUT2D eigenvalue weighted by molar-refractivity contribution is -0.129. The Bertz CT molecular complexity index is 738. The summed E-state index contributed by atoms with van der Waals surface area (Å²) >= 11 is 0. The minimum Gasteiger partial charge on any atom is -0.494 e. The number of hydrogen-bond donors (Lipinski definition) is 2. The van der Waals surface area contributed by atoms with Crippen LogP contribution in [0.15, 0.2) is 24.3 Å². The van der Waals surface area contributed by atoms with E-state index in [0.717, 1.165) is 17.9 Å². The van der Waals surface area contributed by atoms with Gasteiger partial charge in [0.05, 0.1) is 6.61 Å². The van der Waals surface area contributed by atoms with E-state index in [0.29, 0.717) is 32.8 Å². The summed E-state index contributed by atoms with van der Waals surface area (Å²) in [5, 5.41) is 8.84. The molecule has 1 aromatic carbocycles. The second-order valence-corrected chi connectivity index (χ2v) is 8.92. The summed E-state index contributed by atoms with van der Waals surface area (Å²) in [6.45, 7) is 4.46. The van der Waals surface area contributed by atoms with Crippen LogP contribution in [-0.2, 0) is 14.8 Å². The zero-order valence-corrected chi connectivity index (χ0v) is 15.7. The highest BCUT2D eigenvalue weighted by Crippen LogP contribution is 2.45. The van der Waals surface area contributed by atoms with Crippen LogP contribution in [-0.4, -0.2) is 61.4 Å². The molecule has 1 saturated heterocycles. The van der Waals surface area contributed by atoms with E-state index in [1.165, 1.54) is 9.79 Å². The lowest BCUT2D eigenvalue weighted by Gasteiger charge is -2.36. The van der Waals surface area contributed by atoms with Gasteiger partial charge in [0.15, 0.2) is 4.75 Å². The van der Waals surface area contributed by atoms with Crippen molar-refractivity contribution in [3.63, 3.8) is 0 Å². The molecule has 1 aliphatic carbocycles. The van der Waals surface area contributed by atoms with Gasteiger partial charge in [-0.25, -0.2) is 13.9 Å². The van der Waals surface area contributed by atoms with Gasteiger partial charge in [0.25, 0.3) is 5.91 Å². The van der Waals surface area contributed by atoms with Crippen LogP contribution in [0.2, 0.25) is 0 Å². The number of piperazine rings is 1. The van der Waals surface area contributed by atoms with Crippen LogP contribution in [0.5, 0.6) is 5.75 Å². The van der Waals surface area contributed by atoms with Crippen LogP contribution in [0, 0.1) is 0 Å². The molecule has 2 N–H and O–H groups in total. The van der Waals surface area contributed by atoms with Crippen molar-refractivity contribution < 1.29 is 23.2 Å². The van der Waals surface area contributed by atoms with Crippen molar-refractivity contribution in [3.8, 4) is 5.75 Å². The standard InChI is InChI=1S/C17H25N3O5S/c1-2-13-25-15-5-3-14(4-6-15)19-9-11-20(12-10-19)26(23,24)17(7-8-17)16(21)18-22/h3-6,22H,2,7-13H2,1H3,(H,18,21). The van der Waals surface area contributed by atoms with Crippen LogP contribution >= 0.6 is 0 Å². The Hall–Kier alpha value is -1.84. The molecule has 1 aliphatic heterocycles. The fraction of sp³-hybridized carbons (Fsp3) is 0.588. The summed E-state index contributed by atoms with van der Waals surface area (Å²) < 4.78 is 31.0. The van der Waals surface area contributed by atoms with Gasteiger partial charge >= 0.3 is 0 Å². The number of rotatable bonds is 7. The van der Waals surface area contributed by atoms with Crippen LogP contribution in [0.4, 0.5) is 5.69 Å². The molecular weight excluding hydrogens is 358 g/mol. The van der Waals surface area contributed by atoms with Gasteiger partial charge in [0, 0.05) is 31.9 Å². The second-order valence-electron chi connectivity index (χ2n) is 6.67. The smallest absolute Gasteiger partial charge is 0.266 e. The average molecular weight is 383 g/mol. The van der Waals surface area contributed by atoms with Crippen molar-refractivity contribution in [2.45, 2.75) is 30.9 Å². The van der Waals surface area contributed by atoms with Gasteiger partial charge in [-0.3, -0.25) is 10.0 Å². The van der Waals surface area contributed by atoms with Crippen molar-refractivity contribution in [2.24, 2.45) is 0 Å². The van der Waals surface area contributed by atoms with Gasteiger partial charge in [-0.2, -0.15) is 4.31 Å². The third-order valence-electron chi connectivity index (χ3n) is 4.97. The minimum atomic E-state index is -3.77. The maximum absolute atomic E-state index is 12.8. The van der Waals surface area contributed by atoms with Crippen molar-refractivity contribution >= 4 is 21.6 Å². The number of ether oxygens (including phenoxy) is 1. The van der Waals surface area contributed by atoms with Crippen LogP contribution in [0.3, 0.4) is 0 Å². The fourth-order valence-corrected chi connectivity index (χ4v) is 5.26. The van der Waals surface area contributed by atoms with E-state index in [-0.39, 0.29) is 12.8 Å². The average Bonchev–Trinajstić information content (AvgIpc) is 3.49. The molecule has 3 rings (SSSR count). The second kappa shape index (κ2) is 7.42. The predicted molar refractivity (Wildman–Crippen MR) is 96.8 cm³/mol. The first kappa shape index (κ1) is 18.9. The monoisotopic (exact) mass is 383 g/mol. The predicted octanol–water partition coefficient (Wildman–Crippen LogP) is 0.965. The summed E-state index contributed by atoms with van der Waals surface area (Å²) in [5.74, 6) is -0.00916. The van der Waals surface area contributed by atoms with Crippen molar-refractivity contribution in [2.75, 3.05) is 37.7 Å². The van der Waals surface area contributed by atoms with Gasteiger partial charge in [0.1, 0.15) is 5.75 Å². The number of carbonyl (C=O) groups excluding carboxylic acids is 1. The molecule has 1 saturated carbocycles. The molecule has 0 atom stereocenters. The van der Waals surface area contributed by atoms with E-state index in [1.54, 1.807) is 0 Å². The Labute approximate surface area is 153 Å². The maximum Gasteiger partial charge on any atom is 0.266 e. The first-order valence-electron chi connectivity index (χ1n) is 8.86. The number of amides is 1. The van der Waals surface area contributed by atoms with Crippen LogP contribution < -0.4 is 15.1 Å². The highest BCUT2D eigenvalue weighted by Gasteiger charge is 2.63. The molecule has 8 nitrogen and oxygen atoms in total. The number of hydroxylamine groups is 1. The van der Waals surface area contributed by atoms with Gasteiger partial charge < -0.3 is 9.64 Å². The summed E-state index contributed by atoms with van der Waals surface area (Å²) in [6.07, 6.45) is 1.45. The molecule has 0 unspecified atom stereocenters. The number of anilines is 1. The van der Waals surface area contributed by atoms with Crippen LogP contribution in [0.25, 0.3) is 0 Å². The minimum absolute atomic E-state index is 0.251. The lowest BCUT2D eigenvalue weighted by Crippen LogP contribution is -2.54. The number of sulfonamides is 1. The fourth-order valence-electron chi connectivity index (χ4n) is 3.22. The van der Waals surface area contributed by atoms with E-state index in [4.69, 9.17) is 9.94 Å². The molecule has 2 fully saturated rings. The van der Waals surface area contributed by atoms with Crippen molar-refractivity contribution in [3.05, 3.63) is 24.3 Å². The summed E-state index contributed by atoms with van der Waals surface area (Å²) in [7, 11) is -3.77. The van der Waals surface area contributed by atoms with E-state index >= 15 is 0 Å². The van der Waals surface area contributed by atoms with E-state index in [9.17, 15) is 13.2 Å². The molecule has 0 spiro atoms. The quantitative estimate of drug-likeness (QED) is 0.538. The summed E-state index contributed by atoms with van der Waals surface area (Å²) in [6, 6.07) is 7.77. The molecule has 1 amide bonds. The zero-order chi connectivity index (χ0) is 18.8. The van der Waals surface area contributed by atoms with Gasteiger partial charge in [-0.05, 0) is 43.5 Å². The Balaban J connectivity index is 1.61. The maximum atomic E-state index is 12.8. The third-order valence-corrected chi connectivity index (χ3v) is 7.59. The number of carbonyl (C=O) groups is 1. The van der Waals surface area contributed by atoms with Gasteiger partial charge in [-0.15, -0.1) is 0 Å². The van der Waals surface area contributed by atoms with Crippen LogP contribution in [0.1, 0.15) is 26.2 Å². The number of benzene rings is 1. The Kier molecular flexibility index (Phi) is 5.40. The topological polar surface area (TPSA) is 99.2 Å². The Morgan fingerprint density at radius 2 is 1.81 bits per heavy atom. The van der Waals surface area contributed by atoms with E-state index in [2.05, 4.69) is 11.8 Å². The number of nitrogens with zero attached hydrogens (tertiary/aromatic N) is 2. The van der Waals surface area contributed by atoms with Gasteiger partial charge in [-0.1, -0.05) is 6.92 Å². The SMILES string of the molecule is CCCOc1ccc(N2CCN(S(=O)(=O)C3(C(=O)NO)CC3)CC2)cc1. The zero-order valence-electron chi connectivity index (χ0n) is 14.8. The first-order valence-corrected chi connectivity index (χ1v) is 10.3. The molecule has 0 bridgehead atoms. The molecule has 1 heterocycles. The van der Waals surface area contributed by atoms with Crippen molar-refractivity contribution in [1.29, 1.82) is 0 Å². The van der Waals surface area contributed by atoms with Gasteiger partial charge in [0.2, 0.25) is 10.0 Å². The van der Waals surface area contributed by atoms with E-state index < -0.39 is 20.7 Å². The third kappa shape index (κ3) is 3.38. The molecule has 2 aliphatic rings.